The summed E-state index contributed by atoms with van der Waals surface area (Å²) in [6.07, 6.45) is 1.41. The summed E-state index contributed by atoms with van der Waals surface area (Å²) in [5.74, 6) is 0.930. The third kappa shape index (κ3) is 6.14. The predicted molar refractivity (Wildman–Crippen MR) is 85.6 cm³/mol. The Bertz CT molecular complexity index is 435. The Kier molecular flexibility index (Phi) is 7.79. The van der Waals surface area contributed by atoms with E-state index in [9.17, 15) is 4.79 Å². The van der Waals surface area contributed by atoms with E-state index in [2.05, 4.69) is 21.6 Å². The van der Waals surface area contributed by atoms with Gasteiger partial charge in [-0.2, -0.15) is 0 Å². The summed E-state index contributed by atoms with van der Waals surface area (Å²) < 4.78 is 5.26. The van der Waals surface area contributed by atoms with Crippen LogP contribution < -0.4 is 15.4 Å². The van der Waals surface area contributed by atoms with Crippen molar-refractivity contribution in [3.05, 3.63) is 29.8 Å². The lowest BCUT2D eigenvalue weighted by Crippen LogP contribution is -2.34. The van der Waals surface area contributed by atoms with Crippen LogP contribution in [-0.2, 0) is 4.79 Å². The average Bonchev–Trinajstić information content (AvgIpc) is 2.47. The molecule has 5 nitrogen and oxygen atoms in total. The maximum atomic E-state index is 11.8. The van der Waals surface area contributed by atoms with Crippen molar-refractivity contribution in [2.75, 3.05) is 41.3 Å². The molecule has 0 saturated carbocycles. The van der Waals surface area contributed by atoms with Gasteiger partial charge in [0, 0.05) is 13.0 Å². The first kappa shape index (κ1) is 17.5. The zero-order chi connectivity index (χ0) is 15.7. The Morgan fingerprint density at radius 3 is 2.76 bits per heavy atom. The summed E-state index contributed by atoms with van der Waals surface area (Å²) in [5, 5.41) is 6.05. The fraction of sp³-hybridized carbons (Fsp3) is 0.562. The standard InChI is InChI=1S/C16H27N3O2/c1-17-10-6-9-16(20)18-12-15(19(2)3)13-7-5-8-14(11-13)21-4/h5,7-8,11,15,17H,6,9-10,12H2,1-4H3,(H,18,20). The van der Waals surface area contributed by atoms with Crippen molar-refractivity contribution in [1.29, 1.82) is 0 Å². The molecule has 2 N–H and O–H groups in total. The molecule has 0 saturated heterocycles. The molecule has 1 aromatic carbocycles. The lowest BCUT2D eigenvalue weighted by atomic mass is 10.1. The van der Waals surface area contributed by atoms with E-state index in [-0.39, 0.29) is 11.9 Å². The van der Waals surface area contributed by atoms with Crippen LogP contribution in [0.3, 0.4) is 0 Å². The van der Waals surface area contributed by atoms with Gasteiger partial charge in [-0.1, -0.05) is 12.1 Å². The summed E-state index contributed by atoms with van der Waals surface area (Å²) in [5.41, 5.74) is 1.13. The van der Waals surface area contributed by atoms with E-state index in [1.165, 1.54) is 0 Å². The van der Waals surface area contributed by atoms with Crippen LogP contribution in [0, 0.1) is 0 Å². The molecule has 5 heteroatoms. The predicted octanol–water partition coefficient (Wildman–Crippen LogP) is 1.41. The van der Waals surface area contributed by atoms with Crippen molar-refractivity contribution in [3.8, 4) is 5.75 Å². The number of nitrogens with zero attached hydrogens (tertiary/aromatic N) is 1. The van der Waals surface area contributed by atoms with Gasteiger partial charge < -0.3 is 20.3 Å². The molecular weight excluding hydrogens is 266 g/mol. The molecule has 21 heavy (non-hydrogen) atoms. The number of amides is 1. The Morgan fingerprint density at radius 2 is 2.14 bits per heavy atom. The molecule has 1 rings (SSSR count). The SMILES string of the molecule is CNCCCC(=O)NCC(c1cccc(OC)c1)N(C)C. The van der Waals surface area contributed by atoms with Gasteiger partial charge in [-0.15, -0.1) is 0 Å². The highest BCUT2D eigenvalue weighted by Gasteiger charge is 2.15. The van der Waals surface area contributed by atoms with E-state index >= 15 is 0 Å². The molecular formula is C16H27N3O2. The number of hydrogen-bond donors (Lipinski definition) is 2. The van der Waals surface area contributed by atoms with Crippen molar-refractivity contribution in [2.45, 2.75) is 18.9 Å². The lowest BCUT2D eigenvalue weighted by molar-refractivity contribution is -0.121. The molecule has 0 radical (unpaired) electrons. The van der Waals surface area contributed by atoms with Crippen LogP contribution >= 0.6 is 0 Å². The van der Waals surface area contributed by atoms with Crippen LogP contribution in [0.4, 0.5) is 0 Å². The van der Waals surface area contributed by atoms with Gasteiger partial charge in [0.2, 0.25) is 5.91 Å². The van der Waals surface area contributed by atoms with E-state index in [0.717, 1.165) is 24.3 Å². The number of methoxy groups -OCH3 is 1. The highest BCUT2D eigenvalue weighted by molar-refractivity contribution is 5.75. The number of hydrogen-bond acceptors (Lipinski definition) is 4. The minimum atomic E-state index is 0.0972. The minimum absolute atomic E-state index is 0.0972. The van der Waals surface area contributed by atoms with Gasteiger partial charge in [-0.05, 0) is 51.8 Å². The molecule has 1 unspecified atom stereocenters. The van der Waals surface area contributed by atoms with E-state index < -0.39 is 0 Å². The average molecular weight is 293 g/mol. The van der Waals surface area contributed by atoms with Gasteiger partial charge in [-0.3, -0.25) is 4.79 Å². The van der Waals surface area contributed by atoms with Gasteiger partial charge in [0.1, 0.15) is 5.75 Å². The topological polar surface area (TPSA) is 53.6 Å². The fourth-order valence-corrected chi connectivity index (χ4v) is 2.17. The highest BCUT2D eigenvalue weighted by atomic mass is 16.5. The number of carbonyl (C=O) groups excluding carboxylic acids is 1. The maximum Gasteiger partial charge on any atom is 0.220 e. The van der Waals surface area contributed by atoms with Gasteiger partial charge in [0.15, 0.2) is 0 Å². The van der Waals surface area contributed by atoms with Crippen molar-refractivity contribution in [1.82, 2.24) is 15.5 Å². The monoisotopic (exact) mass is 293 g/mol. The number of likely N-dealkylation sites (N-methyl/N-ethyl adjacent to an activating group) is 1. The second kappa shape index (κ2) is 9.37. The quantitative estimate of drug-likeness (QED) is 0.676. The largest absolute Gasteiger partial charge is 0.497 e. The highest BCUT2D eigenvalue weighted by Crippen LogP contribution is 2.22. The van der Waals surface area contributed by atoms with E-state index in [4.69, 9.17) is 4.74 Å². The number of nitrogens with one attached hydrogen (secondary N) is 2. The molecule has 118 valence electrons. The molecule has 0 bridgehead atoms. The molecule has 1 aromatic rings. The Balaban J connectivity index is 2.59. The first-order chi connectivity index (χ1) is 10.1. The van der Waals surface area contributed by atoms with Crippen LogP contribution in [0.2, 0.25) is 0 Å². The van der Waals surface area contributed by atoms with Crippen molar-refractivity contribution < 1.29 is 9.53 Å². The van der Waals surface area contributed by atoms with Gasteiger partial charge >= 0.3 is 0 Å². The number of rotatable bonds is 9. The van der Waals surface area contributed by atoms with Crippen LogP contribution in [0.1, 0.15) is 24.4 Å². The third-order valence-corrected chi connectivity index (χ3v) is 3.43. The summed E-state index contributed by atoms with van der Waals surface area (Å²) in [6.45, 7) is 1.46. The fourth-order valence-electron chi connectivity index (χ4n) is 2.17. The first-order valence-electron chi connectivity index (χ1n) is 7.30. The molecule has 0 aliphatic carbocycles. The van der Waals surface area contributed by atoms with E-state index in [1.54, 1.807) is 7.11 Å². The van der Waals surface area contributed by atoms with Gasteiger partial charge in [0.25, 0.3) is 0 Å². The van der Waals surface area contributed by atoms with E-state index in [1.807, 2.05) is 39.3 Å². The second-order valence-electron chi connectivity index (χ2n) is 5.27. The van der Waals surface area contributed by atoms with Crippen LogP contribution in [-0.4, -0.2) is 52.1 Å². The first-order valence-corrected chi connectivity index (χ1v) is 7.30. The molecule has 0 heterocycles. The second-order valence-corrected chi connectivity index (χ2v) is 5.27. The molecule has 1 atom stereocenters. The Labute approximate surface area is 127 Å². The van der Waals surface area contributed by atoms with Crippen molar-refractivity contribution in [3.63, 3.8) is 0 Å². The molecule has 0 spiro atoms. The Morgan fingerprint density at radius 1 is 1.38 bits per heavy atom. The molecule has 0 aromatic heterocycles. The van der Waals surface area contributed by atoms with Crippen LogP contribution in [0.25, 0.3) is 0 Å². The maximum absolute atomic E-state index is 11.8. The molecule has 1 amide bonds. The number of ether oxygens (including phenoxy) is 1. The van der Waals surface area contributed by atoms with Gasteiger partial charge in [0.05, 0.1) is 13.2 Å². The minimum Gasteiger partial charge on any atom is -0.497 e. The van der Waals surface area contributed by atoms with Crippen LogP contribution in [0.15, 0.2) is 24.3 Å². The number of carbonyl (C=O) groups is 1. The zero-order valence-corrected chi connectivity index (χ0v) is 13.5. The normalized spacial score (nSPS) is 12.2. The molecule has 0 fully saturated rings. The zero-order valence-electron chi connectivity index (χ0n) is 13.5. The molecule has 0 aliphatic rings. The summed E-state index contributed by atoms with van der Waals surface area (Å²) in [4.78, 5) is 13.9. The van der Waals surface area contributed by atoms with Crippen LogP contribution in [0.5, 0.6) is 5.75 Å². The third-order valence-electron chi connectivity index (χ3n) is 3.43. The molecule has 0 aliphatic heterocycles. The summed E-state index contributed by atoms with van der Waals surface area (Å²) in [6, 6.07) is 8.10. The van der Waals surface area contributed by atoms with Crippen molar-refractivity contribution >= 4 is 5.91 Å². The van der Waals surface area contributed by atoms with E-state index in [0.29, 0.717) is 13.0 Å². The van der Waals surface area contributed by atoms with Crippen molar-refractivity contribution in [2.24, 2.45) is 0 Å². The summed E-state index contributed by atoms with van der Waals surface area (Å²) >= 11 is 0. The number of benzene rings is 1. The lowest BCUT2D eigenvalue weighted by Gasteiger charge is -2.25. The Hall–Kier alpha value is -1.59. The summed E-state index contributed by atoms with van der Waals surface area (Å²) in [7, 11) is 7.57. The smallest absolute Gasteiger partial charge is 0.220 e. The van der Waals surface area contributed by atoms with Gasteiger partial charge in [-0.25, -0.2) is 0 Å².